The molecule has 3 N–H and O–H groups in total. The van der Waals surface area contributed by atoms with E-state index in [0.29, 0.717) is 19.1 Å². The minimum absolute atomic E-state index is 0. The number of H-pyrrole nitrogens is 1. The number of carbonyl (C=O) groups is 1. The van der Waals surface area contributed by atoms with Crippen LogP contribution in [0.1, 0.15) is 18.4 Å². The number of piperidine rings is 1. The molecular formula is C18H27Cl2N5O. The molecule has 1 aliphatic heterocycles. The van der Waals surface area contributed by atoms with Crippen LogP contribution in [0.3, 0.4) is 0 Å². The molecule has 0 spiro atoms. The van der Waals surface area contributed by atoms with Gasteiger partial charge in [-0.3, -0.25) is 14.8 Å². The molecule has 0 bridgehead atoms. The van der Waals surface area contributed by atoms with Crippen molar-refractivity contribution in [2.75, 3.05) is 26.7 Å². The van der Waals surface area contributed by atoms with Crippen LogP contribution in [0.25, 0.3) is 11.3 Å². The van der Waals surface area contributed by atoms with Gasteiger partial charge in [0.05, 0.1) is 18.4 Å². The number of nitrogens with zero attached hydrogens (tertiary/aromatic N) is 2. The zero-order valence-corrected chi connectivity index (χ0v) is 16.5. The molecule has 0 aliphatic carbocycles. The highest BCUT2D eigenvalue weighted by atomic mass is 35.5. The normalized spacial score (nSPS) is 14.4. The summed E-state index contributed by atoms with van der Waals surface area (Å²) in [5.41, 5.74) is 3.03. The zero-order valence-electron chi connectivity index (χ0n) is 14.9. The topological polar surface area (TPSA) is 73.0 Å². The van der Waals surface area contributed by atoms with Crippen molar-refractivity contribution in [3.05, 3.63) is 42.1 Å². The Morgan fingerprint density at radius 3 is 2.62 bits per heavy atom. The third-order valence-electron chi connectivity index (χ3n) is 4.58. The predicted octanol–water partition coefficient (Wildman–Crippen LogP) is 2.22. The van der Waals surface area contributed by atoms with E-state index in [1.807, 2.05) is 37.4 Å². The monoisotopic (exact) mass is 399 g/mol. The number of aromatic amines is 1. The van der Waals surface area contributed by atoms with Crippen molar-refractivity contribution in [3.63, 3.8) is 0 Å². The van der Waals surface area contributed by atoms with Crippen molar-refractivity contribution in [2.45, 2.75) is 25.4 Å². The van der Waals surface area contributed by atoms with Gasteiger partial charge in [-0.2, -0.15) is 5.10 Å². The summed E-state index contributed by atoms with van der Waals surface area (Å²) in [7, 11) is 2.03. The summed E-state index contributed by atoms with van der Waals surface area (Å²) in [4.78, 5) is 14.4. The first-order valence-corrected chi connectivity index (χ1v) is 8.49. The van der Waals surface area contributed by atoms with Crippen LogP contribution in [0, 0.1) is 0 Å². The van der Waals surface area contributed by atoms with Gasteiger partial charge >= 0.3 is 0 Å². The Bertz CT molecular complexity index is 659. The van der Waals surface area contributed by atoms with Crippen molar-refractivity contribution in [3.8, 4) is 11.3 Å². The number of hydrogen-bond donors (Lipinski definition) is 3. The van der Waals surface area contributed by atoms with Crippen LogP contribution in [-0.2, 0) is 11.3 Å². The summed E-state index contributed by atoms with van der Waals surface area (Å²) >= 11 is 0. The Hall–Kier alpha value is -1.60. The molecule has 1 fully saturated rings. The summed E-state index contributed by atoms with van der Waals surface area (Å²) in [6.07, 6.45) is 3.98. The third-order valence-corrected chi connectivity index (χ3v) is 4.58. The van der Waals surface area contributed by atoms with Crippen LogP contribution in [0.5, 0.6) is 0 Å². The van der Waals surface area contributed by atoms with Crippen LogP contribution in [0.4, 0.5) is 0 Å². The molecule has 3 rings (SSSR count). The van der Waals surface area contributed by atoms with Gasteiger partial charge in [-0.05, 0) is 38.5 Å². The SMILES string of the molecule is CN(CC(=O)NCc1cn[nH]c1-c1ccccc1)C1CCNCC1.Cl.Cl. The zero-order chi connectivity index (χ0) is 16.8. The Morgan fingerprint density at radius 2 is 1.92 bits per heavy atom. The molecule has 1 aliphatic rings. The number of hydrogen-bond acceptors (Lipinski definition) is 4. The lowest BCUT2D eigenvalue weighted by Crippen LogP contribution is -2.45. The van der Waals surface area contributed by atoms with Crippen molar-refractivity contribution in [1.82, 2.24) is 25.7 Å². The van der Waals surface area contributed by atoms with E-state index >= 15 is 0 Å². The van der Waals surface area contributed by atoms with Gasteiger partial charge in [-0.1, -0.05) is 30.3 Å². The average molecular weight is 400 g/mol. The number of carbonyl (C=O) groups excluding carboxylic acids is 1. The lowest BCUT2D eigenvalue weighted by molar-refractivity contribution is -0.122. The Balaban J connectivity index is 0.00000169. The maximum absolute atomic E-state index is 12.2. The smallest absolute Gasteiger partial charge is 0.234 e. The van der Waals surface area contributed by atoms with E-state index < -0.39 is 0 Å². The van der Waals surface area contributed by atoms with Gasteiger partial charge in [0.2, 0.25) is 5.91 Å². The van der Waals surface area contributed by atoms with Crippen molar-refractivity contribution in [1.29, 1.82) is 0 Å². The minimum atomic E-state index is 0. The molecule has 2 aromatic rings. The average Bonchev–Trinajstić information content (AvgIpc) is 3.10. The number of nitrogens with one attached hydrogen (secondary N) is 3. The molecule has 6 nitrogen and oxygen atoms in total. The maximum Gasteiger partial charge on any atom is 0.234 e. The van der Waals surface area contributed by atoms with E-state index in [9.17, 15) is 4.79 Å². The van der Waals surface area contributed by atoms with E-state index in [-0.39, 0.29) is 30.7 Å². The van der Waals surface area contributed by atoms with Crippen molar-refractivity contribution in [2.24, 2.45) is 0 Å². The number of halogens is 2. The van der Waals surface area contributed by atoms with Gasteiger partial charge < -0.3 is 10.6 Å². The molecule has 0 radical (unpaired) electrons. The number of rotatable bonds is 6. The Kier molecular flexibility index (Phi) is 9.65. The molecule has 0 atom stereocenters. The van der Waals surface area contributed by atoms with Crippen molar-refractivity contribution >= 4 is 30.7 Å². The first-order valence-electron chi connectivity index (χ1n) is 8.49. The number of amides is 1. The summed E-state index contributed by atoms with van der Waals surface area (Å²) in [5.74, 6) is 0.0521. The quantitative estimate of drug-likeness (QED) is 0.696. The van der Waals surface area contributed by atoms with Gasteiger partial charge in [0.25, 0.3) is 0 Å². The first-order chi connectivity index (χ1) is 11.7. The van der Waals surface area contributed by atoms with Crippen LogP contribution in [0.15, 0.2) is 36.5 Å². The summed E-state index contributed by atoms with van der Waals surface area (Å²) < 4.78 is 0. The highest BCUT2D eigenvalue weighted by Crippen LogP contribution is 2.20. The third kappa shape index (κ3) is 5.99. The lowest BCUT2D eigenvalue weighted by atomic mass is 10.1. The largest absolute Gasteiger partial charge is 0.351 e. The molecule has 0 saturated carbocycles. The van der Waals surface area contributed by atoms with E-state index in [4.69, 9.17) is 0 Å². The first kappa shape index (κ1) is 22.4. The second-order valence-electron chi connectivity index (χ2n) is 6.31. The molecule has 0 unspecified atom stereocenters. The fraction of sp³-hybridized carbons (Fsp3) is 0.444. The van der Waals surface area contributed by atoms with E-state index in [1.165, 1.54) is 0 Å². The number of benzene rings is 1. The van der Waals surface area contributed by atoms with Crippen molar-refractivity contribution < 1.29 is 4.79 Å². The Morgan fingerprint density at radius 1 is 1.23 bits per heavy atom. The molecule has 1 aromatic carbocycles. The highest BCUT2D eigenvalue weighted by molar-refractivity contribution is 5.85. The number of aromatic nitrogens is 2. The second-order valence-corrected chi connectivity index (χ2v) is 6.31. The molecule has 2 heterocycles. The fourth-order valence-electron chi connectivity index (χ4n) is 3.15. The highest BCUT2D eigenvalue weighted by Gasteiger charge is 2.19. The summed E-state index contributed by atoms with van der Waals surface area (Å²) in [5, 5.41) is 13.5. The maximum atomic E-state index is 12.2. The van der Waals surface area contributed by atoms with Crippen LogP contribution >= 0.6 is 24.8 Å². The van der Waals surface area contributed by atoms with Crippen LogP contribution in [0.2, 0.25) is 0 Å². The van der Waals surface area contributed by atoms with Gasteiger partial charge in [-0.25, -0.2) is 0 Å². The molecule has 1 aromatic heterocycles. The van der Waals surface area contributed by atoms with Gasteiger partial charge in [0.1, 0.15) is 0 Å². The van der Waals surface area contributed by atoms with E-state index in [1.54, 1.807) is 6.20 Å². The lowest BCUT2D eigenvalue weighted by Gasteiger charge is -2.31. The minimum Gasteiger partial charge on any atom is -0.351 e. The number of likely N-dealkylation sites (N-methyl/N-ethyl adjacent to an activating group) is 1. The molecule has 1 saturated heterocycles. The molecule has 144 valence electrons. The Labute approximate surface area is 166 Å². The van der Waals surface area contributed by atoms with Gasteiger partial charge in [-0.15, -0.1) is 24.8 Å². The standard InChI is InChI=1S/C18H25N5O.2ClH/c1-23(16-7-9-19-10-8-16)13-17(24)20-11-15-12-21-22-18(15)14-5-3-2-4-6-14;;/h2-6,12,16,19H,7-11,13H2,1H3,(H,20,24)(H,21,22);2*1H. The predicted molar refractivity (Wildman–Crippen MR) is 109 cm³/mol. The van der Waals surface area contributed by atoms with E-state index in [0.717, 1.165) is 42.8 Å². The fourth-order valence-corrected chi connectivity index (χ4v) is 3.15. The molecule has 1 amide bonds. The van der Waals surface area contributed by atoms with Crippen LogP contribution in [-0.4, -0.2) is 53.7 Å². The summed E-state index contributed by atoms with van der Waals surface area (Å²) in [6.45, 7) is 2.99. The molecule has 26 heavy (non-hydrogen) atoms. The molecule has 8 heteroatoms. The van der Waals surface area contributed by atoms with Gasteiger partial charge in [0.15, 0.2) is 0 Å². The van der Waals surface area contributed by atoms with E-state index in [2.05, 4.69) is 25.7 Å². The van der Waals surface area contributed by atoms with Crippen LogP contribution < -0.4 is 10.6 Å². The second kappa shape index (κ2) is 11.2. The summed E-state index contributed by atoms with van der Waals surface area (Å²) in [6, 6.07) is 10.5. The van der Waals surface area contributed by atoms with Gasteiger partial charge in [0, 0.05) is 18.2 Å². The molecular weight excluding hydrogens is 373 g/mol.